The Kier molecular flexibility index (Phi) is 2.06. The van der Waals surface area contributed by atoms with Gasteiger partial charge in [-0.3, -0.25) is 0 Å². The van der Waals surface area contributed by atoms with Crippen LogP contribution in [0.15, 0.2) is 0 Å². The Labute approximate surface area is 84.2 Å². The fourth-order valence-electron chi connectivity index (χ4n) is 3.50. The highest BCUT2D eigenvalue weighted by atomic mass is 19.1. The van der Waals surface area contributed by atoms with Gasteiger partial charge in [-0.2, -0.15) is 0 Å². The standard InChI is InChI=1S/C11H18FNO/c12-11(10-1-2-14-7-10)3-8-5-13-6-9(8)4-11/h8-10,13H,1-7H2. The van der Waals surface area contributed by atoms with E-state index in [0.717, 1.165) is 39.0 Å². The molecule has 1 aliphatic carbocycles. The summed E-state index contributed by atoms with van der Waals surface area (Å²) < 4.78 is 19.9. The third-order valence-electron chi connectivity index (χ3n) is 4.34. The summed E-state index contributed by atoms with van der Waals surface area (Å²) in [6, 6.07) is 0. The van der Waals surface area contributed by atoms with Crippen LogP contribution < -0.4 is 5.32 Å². The van der Waals surface area contributed by atoms with Crippen LogP contribution in [-0.4, -0.2) is 32.0 Å². The summed E-state index contributed by atoms with van der Waals surface area (Å²) in [6.07, 6.45) is 2.49. The molecule has 0 spiro atoms. The van der Waals surface area contributed by atoms with E-state index in [4.69, 9.17) is 4.74 Å². The van der Waals surface area contributed by atoms with Crippen LogP contribution in [-0.2, 0) is 4.74 Å². The Morgan fingerprint density at radius 2 is 1.93 bits per heavy atom. The molecular formula is C11H18FNO. The normalized spacial score (nSPS) is 52.5. The van der Waals surface area contributed by atoms with Crippen molar-refractivity contribution in [3.8, 4) is 0 Å². The van der Waals surface area contributed by atoms with Crippen molar-refractivity contribution in [3.63, 3.8) is 0 Å². The van der Waals surface area contributed by atoms with E-state index in [1.807, 2.05) is 0 Å². The van der Waals surface area contributed by atoms with E-state index in [1.165, 1.54) is 0 Å². The third kappa shape index (κ3) is 1.29. The number of ether oxygens (including phenoxy) is 1. The lowest BCUT2D eigenvalue weighted by molar-refractivity contribution is 0.0656. The van der Waals surface area contributed by atoms with Gasteiger partial charge in [-0.1, -0.05) is 0 Å². The Balaban J connectivity index is 1.72. The molecule has 3 rings (SSSR count). The van der Waals surface area contributed by atoms with Crippen LogP contribution in [0.3, 0.4) is 0 Å². The lowest BCUT2D eigenvalue weighted by Gasteiger charge is -2.26. The first-order chi connectivity index (χ1) is 6.78. The number of fused-ring (bicyclic) bond motifs is 1. The molecule has 0 amide bonds. The highest BCUT2D eigenvalue weighted by molar-refractivity contribution is 5.03. The molecule has 1 saturated carbocycles. The molecule has 3 atom stereocenters. The lowest BCUT2D eigenvalue weighted by atomic mass is 9.86. The smallest absolute Gasteiger partial charge is 0.116 e. The van der Waals surface area contributed by atoms with E-state index in [-0.39, 0.29) is 5.92 Å². The van der Waals surface area contributed by atoms with Crippen molar-refractivity contribution in [2.24, 2.45) is 17.8 Å². The van der Waals surface area contributed by atoms with Crippen LogP contribution in [0, 0.1) is 17.8 Å². The van der Waals surface area contributed by atoms with Gasteiger partial charge in [-0.25, -0.2) is 4.39 Å². The molecule has 80 valence electrons. The van der Waals surface area contributed by atoms with E-state index >= 15 is 0 Å². The van der Waals surface area contributed by atoms with Crippen LogP contribution >= 0.6 is 0 Å². The molecule has 3 aliphatic rings. The fourth-order valence-corrected chi connectivity index (χ4v) is 3.50. The highest BCUT2D eigenvalue weighted by Crippen LogP contribution is 2.49. The minimum atomic E-state index is -0.895. The molecule has 0 bridgehead atoms. The molecule has 2 nitrogen and oxygen atoms in total. The molecule has 14 heavy (non-hydrogen) atoms. The molecule has 0 aromatic carbocycles. The monoisotopic (exact) mass is 199 g/mol. The van der Waals surface area contributed by atoms with Gasteiger partial charge in [0.15, 0.2) is 0 Å². The molecule has 0 aromatic heterocycles. The molecular weight excluding hydrogens is 181 g/mol. The summed E-state index contributed by atoms with van der Waals surface area (Å²) in [5.41, 5.74) is -0.895. The second-order valence-electron chi connectivity index (χ2n) is 5.18. The first-order valence-corrected chi connectivity index (χ1v) is 5.75. The molecule has 1 N–H and O–H groups in total. The maximum Gasteiger partial charge on any atom is 0.116 e. The lowest BCUT2D eigenvalue weighted by Crippen LogP contribution is -2.32. The van der Waals surface area contributed by atoms with Crippen molar-refractivity contribution < 1.29 is 9.13 Å². The van der Waals surface area contributed by atoms with E-state index in [0.29, 0.717) is 18.4 Å². The Morgan fingerprint density at radius 1 is 1.21 bits per heavy atom. The summed E-state index contributed by atoms with van der Waals surface area (Å²) in [5, 5.41) is 3.35. The average Bonchev–Trinajstić information content (AvgIpc) is 2.74. The average molecular weight is 199 g/mol. The Morgan fingerprint density at radius 3 is 2.50 bits per heavy atom. The van der Waals surface area contributed by atoms with Gasteiger partial charge in [0.05, 0.1) is 6.61 Å². The van der Waals surface area contributed by atoms with Crippen molar-refractivity contribution >= 4 is 0 Å². The van der Waals surface area contributed by atoms with Crippen molar-refractivity contribution in [1.29, 1.82) is 0 Å². The zero-order valence-corrected chi connectivity index (χ0v) is 8.47. The van der Waals surface area contributed by atoms with Crippen molar-refractivity contribution in [1.82, 2.24) is 5.32 Å². The minimum absolute atomic E-state index is 0.188. The quantitative estimate of drug-likeness (QED) is 0.688. The Hall–Kier alpha value is -0.150. The summed E-state index contributed by atoms with van der Waals surface area (Å²) >= 11 is 0. The van der Waals surface area contributed by atoms with Gasteiger partial charge in [0.25, 0.3) is 0 Å². The largest absolute Gasteiger partial charge is 0.381 e. The first kappa shape index (κ1) is 9.10. The number of halogens is 1. The van der Waals surface area contributed by atoms with Gasteiger partial charge in [0.1, 0.15) is 5.67 Å². The van der Waals surface area contributed by atoms with Crippen LogP contribution in [0.2, 0.25) is 0 Å². The fraction of sp³-hybridized carbons (Fsp3) is 1.00. The molecule has 2 heterocycles. The van der Waals surface area contributed by atoms with E-state index in [1.54, 1.807) is 0 Å². The summed E-state index contributed by atoms with van der Waals surface area (Å²) in [6.45, 7) is 3.49. The molecule has 2 aliphatic heterocycles. The highest BCUT2D eigenvalue weighted by Gasteiger charge is 2.52. The van der Waals surface area contributed by atoms with Gasteiger partial charge in [0, 0.05) is 12.5 Å². The predicted octanol–water partition coefficient (Wildman–Crippen LogP) is 1.36. The van der Waals surface area contributed by atoms with E-state index < -0.39 is 5.67 Å². The minimum Gasteiger partial charge on any atom is -0.381 e. The maximum absolute atomic E-state index is 14.6. The first-order valence-electron chi connectivity index (χ1n) is 5.75. The van der Waals surface area contributed by atoms with Gasteiger partial charge in [-0.15, -0.1) is 0 Å². The predicted molar refractivity (Wildman–Crippen MR) is 51.8 cm³/mol. The number of alkyl halides is 1. The number of hydrogen-bond acceptors (Lipinski definition) is 2. The van der Waals surface area contributed by atoms with Crippen molar-refractivity contribution in [2.75, 3.05) is 26.3 Å². The van der Waals surface area contributed by atoms with Crippen LogP contribution in [0.1, 0.15) is 19.3 Å². The van der Waals surface area contributed by atoms with Crippen LogP contribution in [0.25, 0.3) is 0 Å². The third-order valence-corrected chi connectivity index (χ3v) is 4.34. The van der Waals surface area contributed by atoms with Crippen LogP contribution in [0.4, 0.5) is 4.39 Å². The maximum atomic E-state index is 14.6. The number of nitrogens with one attached hydrogen (secondary N) is 1. The van der Waals surface area contributed by atoms with E-state index in [2.05, 4.69) is 5.32 Å². The SMILES string of the molecule is FC1(C2CCOC2)CC2CNCC2C1. The number of hydrogen-bond donors (Lipinski definition) is 1. The molecule has 2 saturated heterocycles. The topological polar surface area (TPSA) is 21.3 Å². The summed E-state index contributed by atoms with van der Waals surface area (Å²) in [5.74, 6) is 1.38. The molecule has 3 heteroatoms. The van der Waals surface area contributed by atoms with Crippen LogP contribution in [0.5, 0.6) is 0 Å². The molecule has 3 fully saturated rings. The summed E-state index contributed by atoms with van der Waals surface area (Å²) in [4.78, 5) is 0. The van der Waals surface area contributed by atoms with E-state index in [9.17, 15) is 4.39 Å². The van der Waals surface area contributed by atoms with Gasteiger partial charge in [0.2, 0.25) is 0 Å². The summed E-state index contributed by atoms with van der Waals surface area (Å²) in [7, 11) is 0. The van der Waals surface area contributed by atoms with Crippen molar-refractivity contribution in [2.45, 2.75) is 24.9 Å². The molecule has 0 aromatic rings. The molecule has 0 radical (unpaired) electrons. The van der Waals surface area contributed by atoms with Gasteiger partial charge in [-0.05, 0) is 44.2 Å². The van der Waals surface area contributed by atoms with Gasteiger partial charge < -0.3 is 10.1 Å². The zero-order chi connectivity index (χ0) is 9.60. The van der Waals surface area contributed by atoms with Crippen molar-refractivity contribution in [3.05, 3.63) is 0 Å². The molecule has 3 unspecified atom stereocenters. The second-order valence-corrected chi connectivity index (χ2v) is 5.18. The zero-order valence-electron chi connectivity index (χ0n) is 8.47. The Bertz CT molecular complexity index is 215. The van der Waals surface area contributed by atoms with Gasteiger partial charge >= 0.3 is 0 Å². The second kappa shape index (κ2) is 3.17. The number of rotatable bonds is 1.